The van der Waals surface area contributed by atoms with E-state index in [0.29, 0.717) is 32.7 Å². The molecule has 0 radical (unpaired) electrons. The van der Waals surface area contributed by atoms with Crippen molar-refractivity contribution in [2.45, 2.75) is 6.42 Å². The SMILES string of the molecule is COC(=O)/C=C/C(=O)OCCCNC(=O)CN1CCOCC1. The van der Waals surface area contributed by atoms with E-state index in [0.717, 1.165) is 25.2 Å². The van der Waals surface area contributed by atoms with Crippen LogP contribution in [-0.4, -0.2) is 75.9 Å². The predicted octanol–water partition coefficient (Wildman–Crippen LogP) is -0.903. The van der Waals surface area contributed by atoms with Crippen molar-refractivity contribution in [3.63, 3.8) is 0 Å². The molecule has 0 aromatic rings. The van der Waals surface area contributed by atoms with Gasteiger partial charge in [-0.3, -0.25) is 9.69 Å². The number of nitrogens with one attached hydrogen (secondary N) is 1. The van der Waals surface area contributed by atoms with Crippen LogP contribution in [0.25, 0.3) is 0 Å². The third-order valence-electron chi connectivity index (χ3n) is 2.92. The van der Waals surface area contributed by atoms with Gasteiger partial charge in [0.2, 0.25) is 5.91 Å². The quantitative estimate of drug-likeness (QED) is 0.352. The zero-order chi connectivity index (χ0) is 16.2. The molecule has 0 atom stereocenters. The Bertz CT molecular complexity index is 404. The van der Waals surface area contributed by atoms with Gasteiger partial charge < -0.3 is 19.5 Å². The first-order chi connectivity index (χ1) is 10.6. The Morgan fingerprint density at radius 3 is 2.55 bits per heavy atom. The molecule has 1 heterocycles. The Hall–Kier alpha value is -1.93. The van der Waals surface area contributed by atoms with Crippen LogP contribution >= 0.6 is 0 Å². The number of methoxy groups -OCH3 is 1. The molecule has 0 saturated carbocycles. The first kappa shape index (κ1) is 18.1. The summed E-state index contributed by atoms with van der Waals surface area (Å²) < 4.78 is 14.4. The average molecular weight is 314 g/mol. The van der Waals surface area contributed by atoms with E-state index >= 15 is 0 Å². The van der Waals surface area contributed by atoms with Crippen LogP contribution in [0.4, 0.5) is 0 Å². The number of hydrogen-bond donors (Lipinski definition) is 1. The summed E-state index contributed by atoms with van der Waals surface area (Å²) in [5, 5.41) is 2.76. The topological polar surface area (TPSA) is 94.2 Å². The maximum absolute atomic E-state index is 11.7. The Kier molecular flexibility index (Phi) is 8.85. The van der Waals surface area contributed by atoms with Crippen LogP contribution in [-0.2, 0) is 28.6 Å². The number of nitrogens with zero attached hydrogens (tertiary/aromatic N) is 1. The number of amides is 1. The molecule has 1 rings (SSSR count). The Morgan fingerprint density at radius 1 is 1.18 bits per heavy atom. The zero-order valence-electron chi connectivity index (χ0n) is 12.7. The van der Waals surface area contributed by atoms with Crippen molar-refractivity contribution < 1.29 is 28.6 Å². The van der Waals surface area contributed by atoms with Gasteiger partial charge in [0, 0.05) is 31.8 Å². The van der Waals surface area contributed by atoms with Gasteiger partial charge in [0.05, 0.1) is 33.5 Å². The van der Waals surface area contributed by atoms with Gasteiger partial charge in [-0.15, -0.1) is 0 Å². The Labute approximate surface area is 129 Å². The zero-order valence-corrected chi connectivity index (χ0v) is 12.7. The Balaban J connectivity index is 2.02. The summed E-state index contributed by atoms with van der Waals surface area (Å²) in [7, 11) is 1.22. The van der Waals surface area contributed by atoms with Crippen molar-refractivity contribution >= 4 is 17.8 Å². The number of esters is 2. The molecule has 8 nitrogen and oxygen atoms in total. The number of hydrogen-bond acceptors (Lipinski definition) is 7. The summed E-state index contributed by atoms with van der Waals surface area (Å²) in [6, 6.07) is 0. The van der Waals surface area contributed by atoms with Gasteiger partial charge in [0.25, 0.3) is 0 Å². The number of carbonyl (C=O) groups excluding carboxylic acids is 3. The lowest BCUT2D eigenvalue weighted by atomic mass is 10.4. The molecule has 0 aliphatic carbocycles. The van der Waals surface area contributed by atoms with Crippen LogP contribution in [0, 0.1) is 0 Å². The van der Waals surface area contributed by atoms with Crippen molar-refractivity contribution in [3.8, 4) is 0 Å². The lowest BCUT2D eigenvalue weighted by Crippen LogP contribution is -2.43. The number of rotatable bonds is 8. The molecule has 8 heteroatoms. The fraction of sp³-hybridized carbons (Fsp3) is 0.643. The molecule has 1 aliphatic rings. The second-order valence-corrected chi connectivity index (χ2v) is 4.62. The number of carbonyl (C=O) groups is 3. The third kappa shape index (κ3) is 8.38. The van der Waals surface area contributed by atoms with Crippen molar-refractivity contribution in [3.05, 3.63) is 12.2 Å². The van der Waals surface area contributed by atoms with E-state index in [1.807, 2.05) is 4.90 Å². The molecule has 1 aliphatic heterocycles. The molecular weight excluding hydrogens is 292 g/mol. The highest BCUT2D eigenvalue weighted by molar-refractivity contribution is 5.91. The summed E-state index contributed by atoms with van der Waals surface area (Å²) in [5.74, 6) is -1.30. The van der Waals surface area contributed by atoms with E-state index in [4.69, 9.17) is 9.47 Å². The van der Waals surface area contributed by atoms with Crippen molar-refractivity contribution in [2.75, 3.05) is 53.1 Å². The molecule has 0 bridgehead atoms. The molecule has 1 fully saturated rings. The van der Waals surface area contributed by atoms with E-state index < -0.39 is 11.9 Å². The fourth-order valence-electron chi connectivity index (χ4n) is 1.74. The van der Waals surface area contributed by atoms with Gasteiger partial charge in [-0.25, -0.2) is 9.59 Å². The van der Waals surface area contributed by atoms with E-state index in [1.54, 1.807) is 0 Å². The van der Waals surface area contributed by atoms with Crippen molar-refractivity contribution in [1.82, 2.24) is 10.2 Å². The smallest absolute Gasteiger partial charge is 0.331 e. The van der Waals surface area contributed by atoms with E-state index in [-0.39, 0.29) is 12.5 Å². The maximum atomic E-state index is 11.7. The standard InChI is InChI=1S/C14H22N2O6/c1-20-13(18)3-4-14(19)22-8-2-5-15-12(17)11-16-6-9-21-10-7-16/h3-4H,2,5-11H2,1H3,(H,15,17)/b4-3+. The predicted molar refractivity (Wildman–Crippen MR) is 77.0 cm³/mol. The van der Waals surface area contributed by atoms with Gasteiger partial charge in [-0.2, -0.15) is 0 Å². The highest BCUT2D eigenvalue weighted by atomic mass is 16.5. The van der Waals surface area contributed by atoms with E-state index in [1.165, 1.54) is 7.11 Å². The second-order valence-electron chi connectivity index (χ2n) is 4.62. The monoisotopic (exact) mass is 314 g/mol. The van der Waals surface area contributed by atoms with Gasteiger partial charge in [-0.1, -0.05) is 0 Å². The molecule has 0 unspecified atom stereocenters. The van der Waals surface area contributed by atoms with E-state index in [9.17, 15) is 14.4 Å². The molecule has 0 spiro atoms. The van der Waals surface area contributed by atoms with Crippen molar-refractivity contribution in [2.24, 2.45) is 0 Å². The maximum Gasteiger partial charge on any atom is 0.331 e. The molecule has 1 amide bonds. The van der Waals surface area contributed by atoms with Crippen LogP contribution < -0.4 is 5.32 Å². The van der Waals surface area contributed by atoms with E-state index in [2.05, 4.69) is 10.1 Å². The molecule has 1 saturated heterocycles. The highest BCUT2D eigenvalue weighted by Crippen LogP contribution is 1.95. The van der Waals surface area contributed by atoms with Gasteiger partial charge in [0.1, 0.15) is 0 Å². The summed E-state index contributed by atoms with van der Waals surface area (Å²) in [6.45, 7) is 3.78. The first-order valence-electron chi connectivity index (χ1n) is 7.11. The van der Waals surface area contributed by atoms with Crippen LogP contribution in [0.2, 0.25) is 0 Å². The van der Waals surface area contributed by atoms with Crippen LogP contribution in [0.5, 0.6) is 0 Å². The molecule has 22 heavy (non-hydrogen) atoms. The minimum Gasteiger partial charge on any atom is -0.466 e. The normalized spacial score (nSPS) is 15.5. The number of ether oxygens (including phenoxy) is 3. The second kappa shape index (κ2) is 10.7. The molecule has 0 aromatic carbocycles. The minimum atomic E-state index is -0.620. The summed E-state index contributed by atoms with van der Waals surface area (Å²) >= 11 is 0. The molecule has 0 aromatic heterocycles. The highest BCUT2D eigenvalue weighted by Gasteiger charge is 2.13. The lowest BCUT2D eigenvalue weighted by molar-refractivity contribution is -0.139. The third-order valence-corrected chi connectivity index (χ3v) is 2.92. The summed E-state index contributed by atoms with van der Waals surface area (Å²) in [4.78, 5) is 35.6. The summed E-state index contributed by atoms with van der Waals surface area (Å²) in [6.07, 6.45) is 2.50. The van der Waals surface area contributed by atoms with Crippen LogP contribution in [0.3, 0.4) is 0 Å². The Morgan fingerprint density at radius 2 is 1.86 bits per heavy atom. The molecule has 124 valence electrons. The molecule has 1 N–H and O–H groups in total. The van der Waals surface area contributed by atoms with Gasteiger partial charge in [-0.05, 0) is 6.42 Å². The minimum absolute atomic E-state index is 0.0567. The molecular formula is C14H22N2O6. The largest absolute Gasteiger partial charge is 0.466 e. The van der Waals surface area contributed by atoms with Crippen LogP contribution in [0.15, 0.2) is 12.2 Å². The first-order valence-corrected chi connectivity index (χ1v) is 7.11. The van der Waals surface area contributed by atoms with Crippen LogP contribution in [0.1, 0.15) is 6.42 Å². The lowest BCUT2D eigenvalue weighted by Gasteiger charge is -2.25. The van der Waals surface area contributed by atoms with Crippen molar-refractivity contribution in [1.29, 1.82) is 0 Å². The number of morpholine rings is 1. The van der Waals surface area contributed by atoms with Gasteiger partial charge in [0.15, 0.2) is 0 Å². The summed E-state index contributed by atoms with van der Waals surface area (Å²) in [5.41, 5.74) is 0. The average Bonchev–Trinajstić information content (AvgIpc) is 2.53. The van der Waals surface area contributed by atoms with Gasteiger partial charge >= 0.3 is 11.9 Å². The fourth-order valence-corrected chi connectivity index (χ4v) is 1.74.